The molecule has 0 saturated heterocycles. The van der Waals surface area contributed by atoms with Crippen molar-refractivity contribution in [2.75, 3.05) is 19.8 Å². The zero-order chi connectivity index (χ0) is 33.4. The normalized spacial score (nSPS) is 12.6. The van der Waals surface area contributed by atoms with Gasteiger partial charge in [0.1, 0.15) is 11.8 Å². The maximum Gasteiger partial charge on any atom is 0.416 e. The van der Waals surface area contributed by atoms with Gasteiger partial charge in [-0.05, 0) is 31.9 Å². The van der Waals surface area contributed by atoms with Crippen molar-refractivity contribution in [1.29, 1.82) is 0 Å². The van der Waals surface area contributed by atoms with Gasteiger partial charge in [-0.2, -0.15) is 13.2 Å². The van der Waals surface area contributed by atoms with Crippen molar-refractivity contribution in [3.63, 3.8) is 0 Å². The van der Waals surface area contributed by atoms with Crippen LogP contribution in [0, 0.1) is 0 Å². The van der Waals surface area contributed by atoms with E-state index in [9.17, 15) is 18.0 Å². The number of nitrogens with one attached hydrogen (secondary N) is 2. The van der Waals surface area contributed by atoms with Crippen LogP contribution in [0.2, 0.25) is 5.02 Å². The number of alkyl halides is 3. The molecule has 0 aliphatic rings. The Kier molecular flexibility index (Phi) is 16.2. The summed E-state index contributed by atoms with van der Waals surface area (Å²) in [5, 5.41) is 14.6. The molecule has 1 aromatic carbocycles. The lowest BCUT2D eigenvalue weighted by atomic mass is 10.1. The van der Waals surface area contributed by atoms with Crippen LogP contribution in [0.1, 0.15) is 123 Å². The van der Waals surface area contributed by atoms with E-state index in [0.717, 1.165) is 57.2 Å². The zero-order valence-electron chi connectivity index (χ0n) is 27.7. The molecule has 0 fully saturated rings. The number of rotatable bonds is 23. The van der Waals surface area contributed by atoms with Gasteiger partial charge in [0.05, 0.1) is 11.6 Å². The van der Waals surface area contributed by atoms with Gasteiger partial charge in [-0.3, -0.25) is 15.2 Å². The minimum absolute atomic E-state index is 0.0342. The maximum atomic E-state index is 13.6. The number of carbonyl (C=O) groups excluding carboxylic acids is 1. The quantitative estimate of drug-likeness (QED) is 0.0776. The fourth-order valence-electron chi connectivity index (χ4n) is 5.61. The number of hydrogen-bond donors (Lipinski definition) is 2. The largest absolute Gasteiger partial charge is 0.461 e. The molecule has 8 nitrogen and oxygen atoms in total. The number of nitrogens with zero attached hydrogens (tertiary/aromatic N) is 4. The number of unbranched alkanes of at least 4 members (excludes halogenated alkanes) is 12. The summed E-state index contributed by atoms with van der Waals surface area (Å²) in [6.07, 6.45) is 13.1. The monoisotopic (exact) mass is 668 g/mol. The van der Waals surface area contributed by atoms with E-state index in [4.69, 9.17) is 16.3 Å². The smallest absolute Gasteiger partial charge is 0.416 e. The lowest BCUT2D eigenvalue weighted by Gasteiger charge is -2.27. The van der Waals surface area contributed by atoms with Crippen molar-refractivity contribution in [2.45, 2.75) is 129 Å². The molecule has 0 spiro atoms. The first-order valence-corrected chi connectivity index (χ1v) is 17.5. The molecule has 46 heavy (non-hydrogen) atoms. The second-order valence-electron chi connectivity index (χ2n) is 12.0. The summed E-state index contributed by atoms with van der Waals surface area (Å²) in [5.41, 5.74) is -0.0316. The molecule has 0 bridgehead atoms. The van der Waals surface area contributed by atoms with Crippen molar-refractivity contribution in [1.82, 2.24) is 30.0 Å². The van der Waals surface area contributed by atoms with Crippen LogP contribution in [0.3, 0.4) is 0 Å². The number of hydrogen-bond acceptors (Lipinski definition) is 5. The molecular formula is C34H52ClF3N6O2. The fraction of sp³-hybridized carbons (Fsp3) is 0.676. The van der Waals surface area contributed by atoms with E-state index in [1.54, 1.807) is 0 Å². The van der Waals surface area contributed by atoms with Gasteiger partial charge >= 0.3 is 6.18 Å². The van der Waals surface area contributed by atoms with Gasteiger partial charge in [-0.25, -0.2) is 4.52 Å². The summed E-state index contributed by atoms with van der Waals surface area (Å²) in [5.74, 6) is 0.602. The molecule has 0 saturated carbocycles. The predicted molar refractivity (Wildman–Crippen MR) is 178 cm³/mol. The lowest BCUT2D eigenvalue weighted by Crippen LogP contribution is -2.48. The Morgan fingerprint density at radius 2 is 1.50 bits per heavy atom. The van der Waals surface area contributed by atoms with Crippen molar-refractivity contribution < 1.29 is 22.7 Å². The topological polar surface area (TPSA) is 87.6 Å². The van der Waals surface area contributed by atoms with Gasteiger partial charge in [0.25, 0.3) is 0 Å². The molecule has 3 rings (SSSR count). The van der Waals surface area contributed by atoms with E-state index in [2.05, 4.69) is 34.5 Å². The standard InChI is InChI=1S/C34H52ClF3N6O2/c1-4-7-9-11-12-13-14-15-16-18-24-43(6-3)33(45)28(19-17-10-8-5-2)39-25-46-32-29(35)31-41-40-30(44(31)42-32)26-20-22-27(23-21-26)34(36,37)38/h20-23,28,39,42H,4-19,24-25H2,1-3H3. The molecular weight excluding hydrogens is 617 g/mol. The van der Waals surface area contributed by atoms with Crippen LogP contribution in [0.25, 0.3) is 17.0 Å². The lowest BCUT2D eigenvalue weighted by molar-refractivity contribution is -0.137. The van der Waals surface area contributed by atoms with E-state index >= 15 is 0 Å². The molecule has 2 heterocycles. The van der Waals surface area contributed by atoms with E-state index in [1.807, 2.05) is 11.8 Å². The number of fused-ring (bicyclic) bond motifs is 1. The number of H-pyrrole nitrogens is 1. The number of halogens is 4. The Hall–Kier alpha value is -2.79. The molecule has 12 heteroatoms. The summed E-state index contributed by atoms with van der Waals surface area (Å²) >= 11 is 6.51. The van der Waals surface area contributed by atoms with Crippen LogP contribution in [-0.2, 0) is 11.0 Å². The summed E-state index contributed by atoms with van der Waals surface area (Å²) in [7, 11) is 0. The van der Waals surface area contributed by atoms with Gasteiger partial charge in [0, 0.05) is 18.7 Å². The summed E-state index contributed by atoms with van der Waals surface area (Å²) in [6, 6.07) is 4.27. The van der Waals surface area contributed by atoms with Crippen molar-refractivity contribution >= 4 is 23.2 Å². The summed E-state index contributed by atoms with van der Waals surface area (Å²) in [4.78, 5) is 15.6. The van der Waals surface area contributed by atoms with Crippen LogP contribution in [0.15, 0.2) is 24.3 Å². The molecule has 0 aliphatic carbocycles. The van der Waals surface area contributed by atoms with E-state index in [0.29, 0.717) is 24.4 Å². The highest BCUT2D eigenvalue weighted by molar-refractivity contribution is 6.34. The third-order valence-corrected chi connectivity index (χ3v) is 8.75. The first kappa shape index (κ1) is 37.7. The minimum atomic E-state index is -4.43. The highest BCUT2D eigenvalue weighted by Gasteiger charge is 2.30. The molecule has 0 aliphatic heterocycles. The second kappa shape index (κ2) is 19.8. The van der Waals surface area contributed by atoms with Gasteiger partial charge in [0.15, 0.2) is 11.5 Å². The highest BCUT2D eigenvalue weighted by atomic mass is 35.5. The molecule has 2 aromatic heterocycles. The Bertz CT molecular complexity index is 1290. The van der Waals surface area contributed by atoms with Crippen LogP contribution in [0.4, 0.5) is 13.2 Å². The molecule has 258 valence electrons. The molecule has 1 unspecified atom stereocenters. The SMILES string of the molecule is CCCCCCCCCCCCN(CC)C(=O)C(CCCCCC)NCOc1[nH]n2c(-c3ccc(C(F)(F)F)cc3)nnc2c1Cl. The predicted octanol–water partition coefficient (Wildman–Crippen LogP) is 9.43. The van der Waals surface area contributed by atoms with E-state index in [-0.39, 0.29) is 35.2 Å². The van der Waals surface area contributed by atoms with Gasteiger partial charge in [-0.1, -0.05) is 121 Å². The first-order valence-electron chi connectivity index (χ1n) is 17.2. The van der Waals surface area contributed by atoms with Gasteiger partial charge < -0.3 is 9.64 Å². The zero-order valence-corrected chi connectivity index (χ0v) is 28.5. The number of carbonyl (C=O) groups is 1. The van der Waals surface area contributed by atoms with Crippen LogP contribution in [0.5, 0.6) is 5.88 Å². The molecule has 1 atom stereocenters. The average Bonchev–Trinajstić information content (AvgIpc) is 3.60. The molecule has 1 amide bonds. The Balaban J connectivity index is 1.55. The fourth-order valence-corrected chi connectivity index (χ4v) is 5.83. The van der Waals surface area contributed by atoms with E-state index in [1.165, 1.54) is 68.0 Å². The summed E-state index contributed by atoms with van der Waals surface area (Å²) < 4.78 is 46.4. The number of benzene rings is 1. The number of amides is 1. The Morgan fingerprint density at radius 3 is 2.09 bits per heavy atom. The van der Waals surface area contributed by atoms with Gasteiger partial charge in [0.2, 0.25) is 11.8 Å². The number of ether oxygens (including phenoxy) is 1. The average molecular weight is 669 g/mol. The Labute approximate surface area is 276 Å². The van der Waals surface area contributed by atoms with Crippen LogP contribution < -0.4 is 10.1 Å². The Morgan fingerprint density at radius 1 is 0.913 bits per heavy atom. The maximum absolute atomic E-state index is 13.6. The molecule has 2 N–H and O–H groups in total. The summed E-state index contributed by atoms with van der Waals surface area (Å²) in [6.45, 7) is 7.87. The van der Waals surface area contributed by atoms with E-state index < -0.39 is 11.7 Å². The van der Waals surface area contributed by atoms with Crippen molar-refractivity contribution in [3.05, 3.63) is 34.9 Å². The number of aromatic amines is 1. The second-order valence-corrected chi connectivity index (χ2v) is 12.4. The number of likely N-dealkylation sites (N-methyl/N-ethyl adjacent to an activating group) is 1. The highest BCUT2D eigenvalue weighted by Crippen LogP contribution is 2.33. The van der Waals surface area contributed by atoms with Gasteiger partial charge in [-0.15, -0.1) is 10.2 Å². The van der Waals surface area contributed by atoms with Crippen LogP contribution in [-0.4, -0.2) is 56.5 Å². The first-order chi connectivity index (χ1) is 22.2. The number of aromatic nitrogens is 4. The molecule has 0 radical (unpaired) electrons. The molecule has 3 aromatic rings. The van der Waals surface area contributed by atoms with Crippen LogP contribution >= 0.6 is 11.6 Å². The van der Waals surface area contributed by atoms with Crippen molar-refractivity contribution in [3.8, 4) is 17.3 Å². The minimum Gasteiger partial charge on any atom is -0.461 e. The third-order valence-electron chi connectivity index (χ3n) is 8.41. The van der Waals surface area contributed by atoms with Crippen molar-refractivity contribution in [2.24, 2.45) is 0 Å². The third kappa shape index (κ3) is 11.5.